The standard InChI is InChI=1S/C22H24F3N3O4/c1-27-8-10-28(11-9-27)16-6-7-19(18(13-16)22(23,24)25)26-21(30)15-4-3-5-17(12-15)32-14-20(29)31-2/h3-7,12-13H,8-11,14H2,1-2H3,(H,26,30). The van der Waals surface area contributed by atoms with Crippen LogP contribution in [0.15, 0.2) is 42.5 Å². The third kappa shape index (κ3) is 5.91. The summed E-state index contributed by atoms with van der Waals surface area (Å²) in [7, 11) is 3.18. The molecule has 0 unspecified atom stereocenters. The van der Waals surface area contributed by atoms with Crippen molar-refractivity contribution in [3.05, 3.63) is 53.6 Å². The molecule has 2 aromatic carbocycles. The number of anilines is 2. The molecule has 1 saturated heterocycles. The minimum Gasteiger partial charge on any atom is -0.482 e. The van der Waals surface area contributed by atoms with Gasteiger partial charge in [-0.3, -0.25) is 4.79 Å². The van der Waals surface area contributed by atoms with Gasteiger partial charge >= 0.3 is 12.1 Å². The summed E-state index contributed by atoms with van der Waals surface area (Å²) in [6.45, 7) is 2.41. The molecule has 10 heteroatoms. The summed E-state index contributed by atoms with van der Waals surface area (Å²) in [4.78, 5) is 27.8. The zero-order valence-electron chi connectivity index (χ0n) is 17.7. The first-order chi connectivity index (χ1) is 15.2. The zero-order chi connectivity index (χ0) is 23.3. The normalized spacial score (nSPS) is 14.7. The number of nitrogens with one attached hydrogen (secondary N) is 1. The number of rotatable bonds is 6. The van der Waals surface area contributed by atoms with Crippen molar-refractivity contribution in [1.82, 2.24) is 4.90 Å². The Balaban J connectivity index is 1.79. The molecule has 0 spiro atoms. The molecule has 3 rings (SSSR count). The number of likely N-dealkylation sites (N-methyl/N-ethyl adjacent to an activating group) is 1. The molecule has 0 atom stereocenters. The predicted octanol–water partition coefficient (Wildman–Crippen LogP) is 3.26. The van der Waals surface area contributed by atoms with Crippen LogP contribution < -0.4 is 15.0 Å². The molecule has 1 aliphatic heterocycles. The average Bonchev–Trinajstić information content (AvgIpc) is 2.77. The van der Waals surface area contributed by atoms with Crippen molar-refractivity contribution in [2.75, 3.05) is 57.2 Å². The van der Waals surface area contributed by atoms with E-state index in [2.05, 4.69) is 15.0 Å². The van der Waals surface area contributed by atoms with Crippen molar-refractivity contribution in [1.29, 1.82) is 0 Å². The molecule has 1 amide bonds. The summed E-state index contributed by atoms with van der Waals surface area (Å²) in [5.74, 6) is -1.12. The number of nitrogens with zero attached hydrogens (tertiary/aromatic N) is 2. The summed E-state index contributed by atoms with van der Waals surface area (Å²) in [6.07, 6.45) is -4.64. The highest BCUT2D eigenvalue weighted by molar-refractivity contribution is 6.05. The van der Waals surface area contributed by atoms with E-state index >= 15 is 0 Å². The van der Waals surface area contributed by atoms with Gasteiger partial charge in [0.1, 0.15) is 5.75 Å². The number of hydrogen-bond acceptors (Lipinski definition) is 6. The molecule has 1 heterocycles. The molecule has 0 saturated carbocycles. The van der Waals surface area contributed by atoms with Crippen molar-refractivity contribution in [3.63, 3.8) is 0 Å². The maximum absolute atomic E-state index is 13.7. The van der Waals surface area contributed by atoms with Crippen LogP contribution >= 0.6 is 0 Å². The van der Waals surface area contributed by atoms with E-state index in [0.717, 1.165) is 19.2 Å². The van der Waals surface area contributed by atoms with Gasteiger partial charge < -0.3 is 24.6 Å². The maximum Gasteiger partial charge on any atom is 0.418 e. The number of benzene rings is 2. The molecule has 0 aromatic heterocycles. The molecular weight excluding hydrogens is 427 g/mol. The van der Waals surface area contributed by atoms with E-state index in [9.17, 15) is 22.8 Å². The van der Waals surface area contributed by atoms with E-state index in [1.54, 1.807) is 6.07 Å². The first kappa shape index (κ1) is 23.4. The number of carbonyl (C=O) groups is 2. The molecule has 2 aromatic rings. The Morgan fingerprint density at radius 3 is 2.44 bits per heavy atom. The number of hydrogen-bond donors (Lipinski definition) is 1. The van der Waals surface area contributed by atoms with Crippen LogP contribution in [-0.4, -0.2) is 63.7 Å². The summed E-state index contributed by atoms with van der Waals surface area (Å²) >= 11 is 0. The largest absolute Gasteiger partial charge is 0.482 e. The number of piperazine rings is 1. The average molecular weight is 451 g/mol. The van der Waals surface area contributed by atoms with E-state index in [-0.39, 0.29) is 23.6 Å². The second kappa shape index (κ2) is 9.90. The van der Waals surface area contributed by atoms with Gasteiger partial charge in [0.2, 0.25) is 0 Å². The second-order valence-corrected chi connectivity index (χ2v) is 7.36. The topological polar surface area (TPSA) is 71.1 Å². The highest BCUT2D eigenvalue weighted by Gasteiger charge is 2.35. The first-order valence-electron chi connectivity index (χ1n) is 9.93. The van der Waals surface area contributed by atoms with E-state index < -0.39 is 23.6 Å². The number of amides is 1. The van der Waals surface area contributed by atoms with Crippen LogP contribution in [0.1, 0.15) is 15.9 Å². The number of carbonyl (C=O) groups excluding carboxylic acids is 2. The lowest BCUT2D eigenvalue weighted by Crippen LogP contribution is -2.44. The fourth-order valence-electron chi connectivity index (χ4n) is 3.26. The second-order valence-electron chi connectivity index (χ2n) is 7.36. The van der Waals surface area contributed by atoms with Gasteiger partial charge in [-0.25, -0.2) is 4.79 Å². The number of esters is 1. The van der Waals surface area contributed by atoms with Gasteiger partial charge in [0.15, 0.2) is 6.61 Å². The lowest BCUT2D eigenvalue weighted by atomic mass is 10.1. The molecule has 7 nitrogen and oxygen atoms in total. The summed E-state index contributed by atoms with van der Waals surface area (Å²) in [5, 5.41) is 2.34. The quantitative estimate of drug-likeness (QED) is 0.680. The van der Waals surface area contributed by atoms with E-state index in [4.69, 9.17) is 4.74 Å². The SMILES string of the molecule is COC(=O)COc1cccc(C(=O)Nc2ccc(N3CCN(C)CC3)cc2C(F)(F)F)c1. The molecule has 172 valence electrons. The van der Waals surface area contributed by atoms with Gasteiger partial charge in [-0.2, -0.15) is 13.2 Å². The van der Waals surface area contributed by atoms with Crippen LogP contribution in [0, 0.1) is 0 Å². The van der Waals surface area contributed by atoms with Crippen LogP contribution in [0.4, 0.5) is 24.5 Å². The Labute approximate surface area is 183 Å². The lowest BCUT2D eigenvalue weighted by Gasteiger charge is -2.34. The minimum atomic E-state index is -4.64. The van der Waals surface area contributed by atoms with E-state index in [0.29, 0.717) is 18.8 Å². The molecular formula is C22H24F3N3O4. The smallest absolute Gasteiger partial charge is 0.418 e. The molecule has 0 aliphatic carbocycles. The monoisotopic (exact) mass is 451 g/mol. The van der Waals surface area contributed by atoms with Crippen LogP contribution in [0.3, 0.4) is 0 Å². The Morgan fingerprint density at radius 1 is 1.06 bits per heavy atom. The van der Waals surface area contributed by atoms with Crippen LogP contribution in [0.5, 0.6) is 5.75 Å². The van der Waals surface area contributed by atoms with Crippen molar-refractivity contribution in [2.24, 2.45) is 0 Å². The fraction of sp³-hybridized carbons (Fsp3) is 0.364. The Hall–Kier alpha value is -3.27. The molecule has 1 fully saturated rings. The molecule has 1 aliphatic rings. The number of alkyl halides is 3. The van der Waals surface area contributed by atoms with Gasteiger partial charge in [-0.15, -0.1) is 0 Å². The van der Waals surface area contributed by atoms with Gasteiger partial charge in [0.05, 0.1) is 18.4 Å². The summed E-state index contributed by atoms with van der Waals surface area (Å²) in [5.41, 5.74) is -0.702. The number of ether oxygens (including phenoxy) is 2. The Kier molecular flexibility index (Phi) is 7.24. The fourth-order valence-corrected chi connectivity index (χ4v) is 3.26. The van der Waals surface area contributed by atoms with Crippen molar-refractivity contribution >= 4 is 23.3 Å². The highest BCUT2D eigenvalue weighted by atomic mass is 19.4. The van der Waals surface area contributed by atoms with Crippen LogP contribution in [0.2, 0.25) is 0 Å². The Bertz CT molecular complexity index is 973. The third-order valence-corrected chi connectivity index (χ3v) is 5.11. The van der Waals surface area contributed by atoms with E-state index in [1.165, 1.54) is 37.4 Å². The number of halogens is 3. The number of methoxy groups -OCH3 is 1. The highest BCUT2D eigenvalue weighted by Crippen LogP contribution is 2.37. The zero-order valence-corrected chi connectivity index (χ0v) is 17.7. The summed E-state index contributed by atoms with van der Waals surface area (Å²) in [6, 6.07) is 9.71. The Morgan fingerprint density at radius 2 is 1.78 bits per heavy atom. The minimum absolute atomic E-state index is 0.0867. The molecule has 0 radical (unpaired) electrons. The summed E-state index contributed by atoms with van der Waals surface area (Å²) < 4.78 is 50.9. The first-order valence-corrected chi connectivity index (χ1v) is 9.93. The third-order valence-electron chi connectivity index (χ3n) is 5.11. The van der Waals surface area contributed by atoms with E-state index in [1.807, 2.05) is 11.9 Å². The van der Waals surface area contributed by atoms with Gasteiger partial charge in [0.25, 0.3) is 5.91 Å². The molecule has 0 bridgehead atoms. The van der Waals surface area contributed by atoms with Crippen LogP contribution in [-0.2, 0) is 15.7 Å². The van der Waals surface area contributed by atoms with Crippen molar-refractivity contribution < 1.29 is 32.2 Å². The van der Waals surface area contributed by atoms with Crippen molar-refractivity contribution in [3.8, 4) is 5.75 Å². The molecule has 1 N–H and O–H groups in total. The van der Waals surface area contributed by atoms with Gasteiger partial charge in [0, 0.05) is 37.4 Å². The van der Waals surface area contributed by atoms with Gasteiger partial charge in [-0.05, 0) is 43.4 Å². The molecule has 32 heavy (non-hydrogen) atoms. The predicted molar refractivity (Wildman–Crippen MR) is 113 cm³/mol. The van der Waals surface area contributed by atoms with Crippen molar-refractivity contribution in [2.45, 2.75) is 6.18 Å². The van der Waals surface area contributed by atoms with Gasteiger partial charge in [-0.1, -0.05) is 6.07 Å². The van der Waals surface area contributed by atoms with Crippen LogP contribution in [0.25, 0.3) is 0 Å². The maximum atomic E-state index is 13.7. The lowest BCUT2D eigenvalue weighted by molar-refractivity contribution is -0.143.